The molecule has 4 rings (SSSR count). The van der Waals surface area contributed by atoms with Crippen LogP contribution in [0, 0.1) is 0 Å². The molecule has 0 radical (unpaired) electrons. The number of amides is 1. The first-order valence-corrected chi connectivity index (χ1v) is 12.5. The van der Waals surface area contributed by atoms with Gasteiger partial charge in [-0.1, -0.05) is 18.2 Å². The van der Waals surface area contributed by atoms with Crippen LogP contribution >= 0.6 is 0 Å². The van der Waals surface area contributed by atoms with Gasteiger partial charge in [-0.15, -0.1) is 0 Å². The number of benzene rings is 2. The third-order valence-corrected chi connectivity index (χ3v) is 6.08. The van der Waals surface area contributed by atoms with Crippen LogP contribution in [0.15, 0.2) is 67.0 Å². The molecule has 8 nitrogen and oxygen atoms in total. The highest BCUT2D eigenvalue weighted by atomic mass is 16.5. The van der Waals surface area contributed by atoms with Crippen molar-refractivity contribution in [2.75, 3.05) is 41.5 Å². The molecule has 8 heteroatoms. The molecule has 4 aromatic rings. The minimum atomic E-state index is -0.197. The predicted octanol–water partition coefficient (Wildman–Crippen LogP) is 4.91. The monoisotopic (exact) mass is 514 g/mol. The Bertz CT molecular complexity index is 1410. The van der Waals surface area contributed by atoms with Gasteiger partial charge in [0.1, 0.15) is 11.4 Å². The van der Waals surface area contributed by atoms with Gasteiger partial charge in [0, 0.05) is 48.1 Å². The number of ether oxygens (including phenoxy) is 3. The lowest BCUT2D eigenvalue weighted by Crippen LogP contribution is -2.20. The smallest absolute Gasteiger partial charge is 0.244 e. The maximum Gasteiger partial charge on any atom is 0.244 e. The number of H-pyrrole nitrogens is 1. The fourth-order valence-corrected chi connectivity index (χ4v) is 4.06. The van der Waals surface area contributed by atoms with Crippen molar-refractivity contribution in [3.8, 4) is 28.4 Å². The Balaban J connectivity index is 1.42. The van der Waals surface area contributed by atoms with Gasteiger partial charge >= 0.3 is 0 Å². The van der Waals surface area contributed by atoms with Crippen molar-refractivity contribution in [2.24, 2.45) is 0 Å². The largest absolute Gasteiger partial charge is 0.494 e. The Morgan fingerprint density at radius 2 is 1.89 bits per heavy atom. The van der Waals surface area contributed by atoms with Crippen molar-refractivity contribution in [1.29, 1.82) is 0 Å². The number of rotatable bonds is 12. The summed E-state index contributed by atoms with van der Waals surface area (Å²) in [5.74, 6) is 1.91. The van der Waals surface area contributed by atoms with Gasteiger partial charge < -0.3 is 29.4 Å². The van der Waals surface area contributed by atoms with Crippen molar-refractivity contribution in [1.82, 2.24) is 20.2 Å². The van der Waals surface area contributed by atoms with Crippen LogP contribution in [0.25, 0.3) is 28.2 Å². The molecular formula is C30H34N4O4. The van der Waals surface area contributed by atoms with Gasteiger partial charge in [0.2, 0.25) is 5.91 Å². The minimum absolute atomic E-state index is 0.197. The average molecular weight is 515 g/mol. The van der Waals surface area contributed by atoms with Crippen LogP contribution in [0.5, 0.6) is 17.2 Å². The Morgan fingerprint density at radius 3 is 2.68 bits per heavy atom. The van der Waals surface area contributed by atoms with E-state index in [0.717, 1.165) is 52.0 Å². The van der Waals surface area contributed by atoms with Gasteiger partial charge in [-0.3, -0.25) is 4.79 Å². The number of carbonyl (C=O) groups is 1. The maximum absolute atomic E-state index is 12.5. The van der Waals surface area contributed by atoms with Gasteiger partial charge in [-0.2, -0.15) is 0 Å². The maximum atomic E-state index is 12.5. The molecule has 0 unspecified atom stereocenters. The van der Waals surface area contributed by atoms with Gasteiger partial charge in [0.25, 0.3) is 0 Å². The number of fused-ring (bicyclic) bond motifs is 1. The van der Waals surface area contributed by atoms with Crippen molar-refractivity contribution in [3.63, 3.8) is 0 Å². The molecule has 0 fully saturated rings. The van der Waals surface area contributed by atoms with Crippen LogP contribution in [-0.2, 0) is 11.3 Å². The summed E-state index contributed by atoms with van der Waals surface area (Å²) in [4.78, 5) is 22.4. The number of hydrogen-bond acceptors (Lipinski definition) is 6. The SMILES string of the molecule is COc1ccc(CNC(=O)/C=C/c2c[nH]c3ncc(-c4cccc(OCCCN(C)C)c4)cc23)cc1OC. The van der Waals surface area contributed by atoms with Gasteiger partial charge in [-0.05, 0) is 68.1 Å². The standard InChI is InChI=1S/C30H34N4O4/c1-34(2)13-6-14-38-25-8-5-7-22(16-25)24-17-26-23(19-32-30(26)33-20-24)10-12-29(35)31-18-21-9-11-27(36-3)28(15-21)37-4/h5,7-12,15-17,19-20H,6,13-14,18H2,1-4H3,(H,31,35)(H,32,33)/b12-10+. The third kappa shape index (κ3) is 6.92. The highest BCUT2D eigenvalue weighted by Gasteiger charge is 2.08. The van der Waals surface area contributed by atoms with Crippen molar-refractivity contribution in [3.05, 3.63) is 78.1 Å². The molecule has 1 amide bonds. The molecule has 0 bridgehead atoms. The molecule has 0 aliphatic carbocycles. The Hall–Kier alpha value is -4.30. The van der Waals surface area contributed by atoms with E-state index in [1.807, 2.05) is 54.9 Å². The van der Waals surface area contributed by atoms with E-state index in [-0.39, 0.29) is 5.91 Å². The van der Waals surface area contributed by atoms with E-state index in [0.29, 0.717) is 24.7 Å². The molecule has 2 N–H and O–H groups in total. The number of aromatic nitrogens is 2. The van der Waals surface area contributed by atoms with Crippen molar-refractivity contribution < 1.29 is 19.0 Å². The Morgan fingerprint density at radius 1 is 1.05 bits per heavy atom. The Labute approximate surface area is 223 Å². The summed E-state index contributed by atoms with van der Waals surface area (Å²) in [6.07, 6.45) is 7.97. The van der Waals surface area contributed by atoms with Gasteiger partial charge in [0.15, 0.2) is 11.5 Å². The first-order chi connectivity index (χ1) is 18.5. The van der Waals surface area contributed by atoms with E-state index in [1.165, 1.54) is 6.08 Å². The number of nitrogens with zero attached hydrogens (tertiary/aromatic N) is 2. The lowest BCUT2D eigenvalue weighted by Gasteiger charge is -2.11. The molecule has 38 heavy (non-hydrogen) atoms. The van der Waals surface area contributed by atoms with Gasteiger partial charge in [-0.25, -0.2) is 4.98 Å². The summed E-state index contributed by atoms with van der Waals surface area (Å²) in [6.45, 7) is 2.02. The summed E-state index contributed by atoms with van der Waals surface area (Å²) in [6, 6.07) is 15.7. The van der Waals surface area contributed by atoms with Crippen LogP contribution < -0.4 is 19.5 Å². The zero-order valence-electron chi connectivity index (χ0n) is 22.3. The first kappa shape index (κ1) is 26.8. The summed E-state index contributed by atoms with van der Waals surface area (Å²) in [7, 11) is 7.29. The summed E-state index contributed by atoms with van der Waals surface area (Å²) >= 11 is 0. The molecule has 0 saturated heterocycles. The van der Waals surface area contributed by atoms with Crippen LogP contribution in [0.2, 0.25) is 0 Å². The molecule has 2 aromatic carbocycles. The number of nitrogens with one attached hydrogen (secondary N) is 2. The normalized spacial score (nSPS) is 11.3. The molecule has 0 aliphatic rings. The van der Waals surface area contributed by atoms with E-state index >= 15 is 0 Å². The number of methoxy groups -OCH3 is 2. The van der Waals surface area contributed by atoms with Crippen LogP contribution in [0.3, 0.4) is 0 Å². The van der Waals surface area contributed by atoms with E-state index in [9.17, 15) is 4.79 Å². The molecular weight excluding hydrogens is 480 g/mol. The van der Waals surface area contributed by atoms with Crippen molar-refractivity contribution >= 4 is 23.0 Å². The second kappa shape index (κ2) is 12.8. The molecule has 198 valence electrons. The second-order valence-corrected chi connectivity index (χ2v) is 9.14. The summed E-state index contributed by atoms with van der Waals surface area (Å²) in [5, 5.41) is 3.84. The number of pyridine rings is 1. The van der Waals surface area contributed by atoms with Gasteiger partial charge in [0.05, 0.1) is 20.8 Å². The lowest BCUT2D eigenvalue weighted by atomic mass is 10.1. The second-order valence-electron chi connectivity index (χ2n) is 9.14. The highest BCUT2D eigenvalue weighted by molar-refractivity contribution is 5.96. The quantitative estimate of drug-likeness (QED) is 0.206. The number of hydrogen-bond donors (Lipinski definition) is 2. The number of carbonyl (C=O) groups excluding carboxylic acids is 1. The molecule has 2 aromatic heterocycles. The topological polar surface area (TPSA) is 88.7 Å². The fourth-order valence-electron chi connectivity index (χ4n) is 4.06. The molecule has 2 heterocycles. The van der Waals surface area contributed by atoms with Crippen LogP contribution in [0.4, 0.5) is 0 Å². The highest BCUT2D eigenvalue weighted by Crippen LogP contribution is 2.29. The molecule has 0 saturated carbocycles. The summed E-state index contributed by atoms with van der Waals surface area (Å²) in [5.41, 5.74) is 4.55. The van der Waals surface area contributed by atoms with E-state index < -0.39 is 0 Å². The zero-order valence-corrected chi connectivity index (χ0v) is 22.3. The third-order valence-electron chi connectivity index (χ3n) is 6.08. The number of aromatic amines is 1. The van der Waals surface area contributed by atoms with E-state index in [1.54, 1.807) is 20.3 Å². The van der Waals surface area contributed by atoms with E-state index in [4.69, 9.17) is 14.2 Å². The first-order valence-electron chi connectivity index (χ1n) is 12.5. The Kier molecular flexibility index (Phi) is 9.00. The molecule has 0 spiro atoms. The van der Waals surface area contributed by atoms with Crippen LogP contribution in [0.1, 0.15) is 17.5 Å². The van der Waals surface area contributed by atoms with E-state index in [2.05, 4.69) is 40.3 Å². The van der Waals surface area contributed by atoms with Crippen molar-refractivity contribution in [2.45, 2.75) is 13.0 Å². The fraction of sp³-hybridized carbons (Fsp3) is 0.267. The zero-order chi connectivity index (χ0) is 26.9. The van der Waals surface area contributed by atoms with Crippen LogP contribution in [-0.4, -0.2) is 62.2 Å². The average Bonchev–Trinajstić information content (AvgIpc) is 3.35. The predicted molar refractivity (Wildman–Crippen MR) is 151 cm³/mol. The minimum Gasteiger partial charge on any atom is -0.494 e. The lowest BCUT2D eigenvalue weighted by molar-refractivity contribution is -0.116. The summed E-state index contributed by atoms with van der Waals surface area (Å²) < 4.78 is 16.5. The molecule has 0 atom stereocenters. The molecule has 0 aliphatic heterocycles.